The molecule has 0 amide bonds. The van der Waals surface area contributed by atoms with Crippen molar-refractivity contribution in [3.05, 3.63) is 59.9 Å². The van der Waals surface area contributed by atoms with Crippen molar-refractivity contribution in [3.63, 3.8) is 0 Å². The largest absolute Gasteiger partial charge is 0.490 e. The van der Waals surface area contributed by atoms with E-state index in [1.165, 1.54) is 6.92 Å². The van der Waals surface area contributed by atoms with Gasteiger partial charge in [0.1, 0.15) is 24.3 Å². The van der Waals surface area contributed by atoms with Gasteiger partial charge in [0.05, 0.1) is 23.1 Å². The van der Waals surface area contributed by atoms with E-state index in [0.717, 1.165) is 42.9 Å². The Kier molecular flexibility index (Phi) is 7.48. The van der Waals surface area contributed by atoms with Crippen LogP contribution in [0.4, 0.5) is 0 Å². The van der Waals surface area contributed by atoms with Crippen molar-refractivity contribution in [2.75, 3.05) is 19.8 Å². The molecule has 4 rings (SSSR count). The minimum atomic E-state index is -0.730. The van der Waals surface area contributed by atoms with Crippen LogP contribution >= 0.6 is 12.4 Å². The number of fused-ring (bicyclic) bond motifs is 1. The second-order valence-corrected chi connectivity index (χ2v) is 7.47. The number of hydrogen-bond donors (Lipinski definition) is 1. The summed E-state index contributed by atoms with van der Waals surface area (Å²) in [4.78, 5) is 16.6. The van der Waals surface area contributed by atoms with E-state index in [9.17, 15) is 9.90 Å². The summed E-state index contributed by atoms with van der Waals surface area (Å²) in [6.07, 6.45) is 1.13. The predicted molar refractivity (Wildman–Crippen MR) is 118 cm³/mol. The lowest BCUT2D eigenvalue weighted by Crippen LogP contribution is -2.26. The normalized spacial score (nSPS) is 15.5. The molecule has 7 heteroatoms. The molecule has 1 fully saturated rings. The number of imidazole rings is 1. The van der Waals surface area contributed by atoms with Gasteiger partial charge in [0.2, 0.25) is 0 Å². The van der Waals surface area contributed by atoms with Gasteiger partial charge in [-0.2, -0.15) is 0 Å². The van der Waals surface area contributed by atoms with Crippen molar-refractivity contribution in [2.45, 2.75) is 38.3 Å². The molecule has 0 saturated carbocycles. The van der Waals surface area contributed by atoms with Crippen LogP contribution in [0.5, 0.6) is 5.75 Å². The third-order valence-corrected chi connectivity index (χ3v) is 5.36. The van der Waals surface area contributed by atoms with Crippen molar-refractivity contribution < 1.29 is 19.4 Å². The quantitative estimate of drug-likeness (QED) is 0.573. The van der Waals surface area contributed by atoms with E-state index in [2.05, 4.69) is 4.57 Å². The highest BCUT2D eigenvalue weighted by Gasteiger charge is 2.24. The summed E-state index contributed by atoms with van der Waals surface area (Å²) in [5.74, 6) is 1.76. The molecule has 2 aromatic carbocycles. The Hall–Kier alpha value is -2.41. The fraction of sp³-hybridized carbons (Fsp3) is 0.391. The molecule has 1 N–H and O–H groups in total. The Labute approximate surface area is 182 Å². The number of carbonyl (C=O) groups is 1. The average molecular weight is 431 g/mol. The molecule has 1 aromatic heterocycles. The van der Waals surface area contributed by atoms with Gasteiger partial charge in [0.25, 0.3) is 0 Å². The van der Waals surface area contributed by atoms with Crippen LogP contribution in [0.1, 0.15) is 41.9 Å². The van der Waals surface area contributed by atoms with Gasteiger partial charge in [-0.25, -0.2) is 4.98 Å². The molecular formula is C23H27ClN2O4. The van der Waals surface area contributed by atoms with Gasteiger partial charge in [-0.1, -0.05) is 24.3 Å². The van der Waals surface area contributed by atoms with Gasteiger partial charge >= 0.3 is 0 Å². The fourth-order valence-electron chi connectivity index (χ4n) is 3.89. The number of ether oxygens (including phenoxy) is 2. The zero-order valence-electron chi connectivity index (χ0n) is 17.0. The van der Waals surface area contributed by atoms with Gasteiger partial charge in [-0.3, -0.25) is 4.79 Å². The number of carbonyl (C=O) groups excluding carboxylic acids is 1. The number of benzene rings is 2. The first-order valence-electron chi connectivity index (χ1n) is 10.1. The Morgan fingerprint density at radius 1 is 1.20 bits per heavy atom. The van der Waals surface area contributed by atoms with Crippen molar-refractivity contribution >= 4 is 29.2 Å². The lowest BCUT2D eigenvalue weighted by Gasteiger charge is -2.24. The molecular weight excluding hydrogens is 404 g/mol. The number of aliphatic hydroxyl groups is 1. The zero-order valence-corrected chi connectivity index (χ0v) is 17.8. The highest BCUT2D eigenvalue weighted by Crippen LogP contribution is 2.29. The first-order valence-corrected chi connectivity index (χ1v) is 10.1. The van der Waals surface area contributed by atoms with Crippen LogP contribution in [-0.4, -0.2) is 46.4 Å². The minimum absolute atomic E-state index is 0. The number of rotatable bonds is 7. The molecule has 6 nitrogen and oxygen atoms in total. The molecule has 0 radical (unpaired) electrons. The minimum Gasteiger partial charge on any atom is -0.490 e. The van der Waals surface area contributed by atoms with Crippen LogP contribution in [-0.2, 0) is 11.3 Å². The highest BCUT2D eigenvalue weighted by molar-refractivity contribution is 5.96. The summed E-state index contributed by atoms with van der Waals surface area (Å²) >= 11 is 0. The van der Waals surface area contributed by atoms with Crippen molar-refractivity contribution in [3.8, 4) is 5.75 Å². The van der Waals surface area contributed by atoms with E-state index in [0.29, 0.717) is 23.8 Å². The molecule has 160 valence electrons. The smallest absolute Gasteiger partial charge is 0.163 e. The zero-order chi connectivity index (χ0) is 20.2. The average Bonchev–Trinajstić information content (AvgIpc) is 3.11. The third-order valence-electron chi connectivity index (χ3n) is 5.36. The van der Waals surface area contributed by atoms with Crippen LogP contribution in [0.2, 0.25) is 0 Å². The molecule has 3 aromatic rings. The second kappa shape index (κ2) is 10.1. The van der Waals surface area contributed by atoms with E-state index in [4.69, 9.17) is 14.5 Å². The van der Waals surface area contributed by atoms with E-state index in [1.54, 1.807) is 18.2 Å². The summed E-state index contributed by atoms with van der Waals surface area (Å²) in [6, 6.07) is 15.1. The van der Waals surface area contributed by atoms with Gasteiger partial charge in [-0.15, -0.1) is 12.4 Å². The van der Waals surface area contributed by atoms with E-state index in [-0.39, 0.29) is 24.8 Å². The third kappa shape index (κ3) is 4.83. The number of para-hydroxylation sites is 3. The Balaban J connectivity index is 0.00000256. The Morgan fingerprint density at radius 2 is 1.90 bits per heavy atom. The molecule has 1 saturated heterocycles. The maximum atomic E-state index is 11.8. The molecule has 1 atom stereocenters. The van der Waals surface area contributed by atoms with Crippen LogP contribution in [0.15, 0.2) is 48.5 Å². The maximum Gasteiger partial charge on any atom is 0.163 e. The monoisotopic (exact) mass is 430 g/mol. The predicted octanol–water partition coefficient (Wildman–Crippen LogP) is 3.99. The van der Waals surface area contributed by atoms with E-state index >= 15 is 0 Å². The van der Waals surface area contributed by atoms with Crippen LogP contribution in [0.25, 0.3) is 11.0 Å². The maximum absolute atomic E-state index is 11.8. The highest BCUT2D eigenvalue weighted by atomic mass is 35.5. The fourth-order valence-corrected chi connectivity index (χ4v) is 3.89. The van der Waals surface area contributed by atoms with E-state index in [1.807, 2.05) is 30.3 Å². The van der Waals surface area contributed by atoms with Gasteiger partial charge in [-0.05, 0) is 44.0 Å². The first-order chi connectivity index (χ1) is 14.1. The van der Waals surface area contributed by atoms with Crippen LogP contribution in [0, 0.1) is 0 Å². The summed E-state index contributed by atoms with van der Waals surface area (Å²) in [5.41, 5.74) is 2.47. The van der Waals surface area contributed by atoms with Gasteiger partial charge < -0.3 is 19.1 Å². The van der Waals surface area contributed by atoms with Crippen molar-refractivity contribution in [1.29, 1.82) is 0 Å². The van der Waals surface area contributed by atoms with Gasteiger partial charge in [0, 0.05) is 19.1 Å². The number of nitrogens with zero attached hydrogens (tertiary/aromatic N) is 2. The SMILES string of the molecule is CC(=O)c1ccccc1OCC(O)Cn1c(C2CCOCC2)nc2ccccc21.Cl. The summed E-state index contributed by atoms with van der Waals surface area (Å²) < 4.78 is 13.4. The topological polar surface area (TPSA) is 73.6 Å². The summed E-state index contributed by atoms with van der Waals surface area (Å²) in [7, 11) is 0. The molecule has 1 aliphatic rings. The second-order valence-electron chi connectivity index (χ2n) is 7.47. The standard InChI is InChI=1S/C23H26N2O4.ClH/c1-16(26)19-6-2-5-9-22(19)29-15-18(27)14-25-21-8-4-3-7-20(21)24-23(25)17-10-12-28-13-11-17;/h2-9,17-18,27H,10-15H2,1H3;1H. The number of hydrogen-bond acceptors (Lipinski definition) is 5. The van der Waals surface area contributed by atoms with Gasteiger partial charge in [0.15, 0.2) is 5.78 Å². The lowest BCUT2D eigenvalue weighted by molar-refractivity contribution is 0.0776. The molecule has 30 heavy (non-hydrogen) atoms. The van der Waals surface area contributed by atoms with Crippen LogP contribution < -0.4 is 4.74 Å². The number of aromatic nitrogens is 2. The van der Waals surface area contributed by atoms with Crippen LogP contribution in [0.3, 0.4) is 0 Å². The number of Topliss-reactive ketones (excluding diaryl/α,β-unsaturated/α-hetero) is 1. The number of aliphatic hydroxyl groups excluding tert-OH is 1. The number of ketones is 1. The molecule has 0 bridgehead atoms. The molecule has 1 aliphatic heterocycles. The summed E-state index contributed by atoms with van der Waals surface area (Å²) in [6.45, 7) is 3.47. The van der Waals surface area contributed by atoms with E-state index < -0.39 is 6.10 Å². The van der Waals surface area contributed by atoms with Crippen molar-refractivity contribution in [2.24, 2.45) is 0 Å². The molecule has 2 heterocycles. The first kappa shape index (κ1) is 22.3. The lowest BCUT2D eigenvalue weighted by atomic mass is 9.99. The van der Waals surface area contributed by atoms with Crippen molar-refractivity contribution in [1.82, 2.24) is 9.55 Å². The summed E-state index contributed by atoms with van der Waals surface area (Å²) in [5, 5.41) is 10.7. The Morgan fingerprint density at radius 3 is 2.67 bits per heavy atom. The molecule has 0 aliphatic carbocycles. The molecule has 1 unspecified atom stereocenters. The Bertz CT molecular complexity index is 998. The molecule has 0 spiro atoms. The number of halogens is 1.